The Kier molecular flexibility index (Phi) is 4.87. The Labute approximate surface area is 233 Å². The van der Waals surface area contributed by atoms with Crippen LogP contribution in [0.15, 0.2) is 108 Å². The minimum atomic E-state index is -0.425. The van der Waals surface area contributed by atoms with Gasteiger partial charge in [0.15, 0.2) is 0 Å². The van der Waals surface area contributed by atoms with Crippen molar-refractivity contribution in [1.29, 1.82) is 0 Å². The van der Waals surface area contributed by atoms with E-state index in [-0.39, 0.29) is 11.2 Å². The lowest BCUT2D eigenvalue weighted by molar-refractivity contribution is 0.00578. The molecule has 0 atom stereocenters. The van der Waals surface area contributed by atoms with Crippen LogP contribution >= 0.6 is 0 Å². The van der Waals surface area contributed by atoms with Gasteiger partial charge in [0.2, 0.25) is 0 Å². The molecule has 0 bridgehead atoms. The van der Waals surface area contributed by atoms with Crippen molar-refractivity contribution in [1.82, 2.24) is 0 Å². The summed E-state index contributed by atoms with van der Waals surface area (Å²) in [5.74, 6) is 0. The number of furan rings is 1. The number of hydrogen-bond acceptors (Lipinski definition) is 3. The molecule has 1 saturated heterocycles. The summed E-state index contributed by atoms with van der Waals surface area (Å²) in [6, 6.07) is 36.9. The van der Waals surface area contributed by atoms with Crippen molar-refractivity contribution in [2.75, 3.05) is 0 Å². The maximum absolute atomic E-state index is 6.60. The second-order valence-corrected chi connectivity index (χ2v) is 12.0. The molecule has 0 radical (unpaired) electrons. The molecule has 0 aliphatic carbocycles. The molecule has 1 aliphatic heterocycles. The van der Waals surface area contributed by atoms with Gasteiger partial charge in [0.05, 0.1) is 11.2 Å². The summed E-state index contributed by atoms with van der Waals surface area (Å²) < 4.78 is 19.2. The van der Waals surface area contributed by atoms with Crippen molar-refractivity contribution >= 4 is 66.8 Å². The molecule has 2 heterocycles. The second-order valence-electron chi connectivity index (χ2n) is 12.0. The highest BCUT2D eigenvalue weighted by Gasteiger charge is 2.51. The lowest BCUT2D eigenvalue weighted by Crippen LogP contribution is -2.41. The Balaban J connectivity index is 1.31. The van der Waals surface area contributed by atoms with Gasteiger partial charge < -0.3 is 13.7 Å². The van der Waals surface area contributed by atoms with Gasteiger partial charge in [-0.05, 0) is 83.2 Å². The van der Waals surface area contributed by atoms with Crippen molar-refractivity contribution in [3.8, 4) is 11.1 Å². The minimum Gasteiger partial charge on any atom is -0.455 e. The predicted octanol–water partition coefficient (Wildman–Crippen LogP) is 9.01. The summed E-state index contributed by atoms with van der Waals surface area (Å²) in [6.45, 7) is 8.31. The van der Waals surface area contributed by atoms with Crippen molar-refractivity contribution in [2.24, 2.45) is 0 Å². The first-order valence-corrected chi connectivity index (χ1v) is 14.0. The zero-order valence-corrected chi connectivity index (χ0v) is 23.1. The van der Waals surface area contributed by atoms with E-state index >= 15 is 0 Å². The van der Waals surface area contributed by atoms with E-state index in [1.165, 1.54) is 32.3 Å². The van der Waals surface area contributed by atoms with Crippen molar-refractivity contribution in [2.45, 2.75) is 38.9 Å². The first-order valence-electron chi connectivity index (χ1n) is 14.0. The Hall–Kier alpha value is -4.12. The van der Waals surface area contributed by atoms with Crippen LogP contribution in [0.2, 0.25) is 0 Å². The van der Waals surface area contributed by atoms with E-state index in [0.717, 1.165) is 38.5 Å². The minimum absolute atomic E-state index is 0.390. The van der Waals surface area contributed by atoms with Gasteiger partial charge in [-0.15, -0.1) is 0 Å². The summed E-state index contributed by atoms with van der Waals surface area (Å²) in [4.78, 5) is 0. The number of para-hydroxylation sites is 1. The van der Waals surface area contributed by atoms with Crippen LogP contribution in [0.25, 0.3) is 65.4 Å². The van der Waals surface area contributed by atoms with E-state index in [0.29, 0.717) is 0 Å². The lowest BCUT2D eigenvalue weighted by atomic mass is 9.79. The number of benzene rings is 6. The topological polar surface area (TPSA) is 31.6 Å². The second kappa shape index (κ2) is 8.20. The van der Waals surface area contributed by atoms with Crippen molar-refractivity contribution in [3.63, 3.8) is 0 Å². The fourth-order valence-corrected chi connectivity index (χ4v) is 6.24. The van der Waals surface area contributed by atoms with Gasteiger partial charge >= 0.3 is 7.12 Å². The first kappa shape index (κ1) is 23.7. The summed E-state index contributed by atoms with van der Waals surface area (Å²) in [5, 5.41) is 9.83. The third-order valence-electron chi connectivity index (χ3n) is 9.10. The van der Waals surface area contributed by atoms with Crippen LogP contribution in [0.5, 0.6) is 0 Å². The van der Waals surface area contributed by atoms with Crippen LogP contribution in [0.3, 0.4) is 0 Å². The third-order valence-corrected chi connectivity index (χ3v) is 9.10. The fraction of sp³-hybridized carbons (Fsp3) is 0.167. The molecule has 6 aromatic carbocycles. The van der Waals surface area contributed by atoms with Gasteiger partial charge in [-0.2, -0.15) is 0 Å². The molecule has 1 aliphatic rings. The van der Waals surface area contributed by atoms with E-state index in [9.17, 15) is 0 Å². The molecule has 0 N–H and O–H groups in total. The van der Waals surface area contributed by atoms with Crippen molar-refractivity contribution < 1.29 is 13.7 Å². The number of fused-ring (bicyclic) bond motifs is 9. The molecule has 0 saturated carbocycles. The number of rotatable bonds is 2. The Morgan fingerprint density at radius 2 is 1.05 bits per heavy atom. The predicted molar refractivity (Wildman–Crippen MR) is 167 cm³/mol. The average molecular weight is 520 g/mol. The number of hydrogen-bond donors (Lipinski definition) is 0. The smallest absolute Gasteiger partial charge is 0.455 e. The van der Waals surface area contributed by atoms with E-state index in [4.69, 9.17) is 13.7 Å². The standard InChI is InChI=1S/C36H29BO3/c1-35(2)36(3,4)40-37(39-35)23-17-19-30-31-15-9-14-24(34(31)38-33(30)21-23)22-16-18-29-27-12-6-5-10-25(27)26-11-7-8-13-28(26)32(29)20-22/h5-21H,1-4H3. The quantitative estimate of drug-likeness (QED) is 0.168. The highest BCUT2D eigenvalue weighted by Crippen LogP contribution is 2.41. The molecule has 0 spiro atoms. The van der Waals surface area contributed by atoms with E-state index in [1.54, 1.807) is 0 Å². The molecule has 7 aromatic rings. The molecule has 40 heavy (non-hydrogen) atoms. The van der Waals surface area contributed by atoms with E-state index < -0.39 is 7.12 Å². The summed E-state index contributed by atoms with van der Waals surface area (Å²) in [6.07, 6.45) is 0. The van der Waals surface area contributed by atoms with Gasteiger partial charge in [-0.1, -0.05) is 91.0 Å². The molecule has 1 fully saturated rings. The monoisotopic (exact) mass is 520 g/mol. The maximum atomic E-state index is 6.60. The molecule has 194 valence electrons. The fourth-order valence-electron chi connectivity index (χ4n) is 6.24. The largest absolute Gasteiger partial charge is 0.494 e. The SMILES string of the molecule is CC1(C)OB(c2ccc3c(c2)oc2c(-c4ccc5c6ccccc6c6ccccc6c5c4)cccc23)OC1(C)C. The van der Waals surface area contributed by atoms with Crippen molar-refractivity contribution in [3.05, 3.63) is 103 Å². The molecule has 0 amide bonds. The van der Waals surface area contributed by atoms with Crippen LogP contribution in [-0.2, 0) is 9.31 Å². The maximum Gasteiger partial charge on any atom is 0.494 e. The molecule has 0 unspecified atom stereocenters. The zero-order valence-electron chi connectivity index (χ0n) is 23.1. The van der Waals surface area contributed by atoms with E-state index in [1.807, 2.05) is 0 Å². The van der Waals surface area contributed by atoms with E-state index in [2.05, 4.69) is 131 Å². The summed E-state index contributed by atoms with van der Waals surface area (Å²) in [5.41, 5.74) is 4.16. The Bertz CT molecular complexity index is 2080. The average Bonchev–Trinajstić information content (AvgIpc) is 3.45. The summed E-state index contributed by atoms with van der Waals surface area (Å²) in [7, 11) is -0.425. The van der Waals surface area contributed by atoms with Crippen LogP contribution < -0.4 is 5.46 Å². The highest BCUT2D eigenvalue weighted by molar-refractivity contribution is 6.62. The first-order chi connectivity index (χ1) is 19.3. The van der Waals surface area contributed by atoms with Crippen LogP contribution in [0, 0.1) is 0 Å². The highest BCUT2D eigenvalue weighted by atomic mass is 16.7. The molecular formula is C36H29BO3. The van der Waals surface area contributed by atoms with Gasteiger partial charge in [-0.3, -0.25) is 0 Å². The molecule has 3 nitrogen and oxygen atoms in total. The van der Waals surface area contributed by atoms with Crippen LogP contribution in [-0.4, -0.2) is 18.3 Å². The lowest BCUT2D eigenvalue weighted by Gasteiger charge is -2.32. The molecule has 1 aromatic heterocycles. The van der Waals surface area contributed by atoms with Crippen LogP contribution in [0.1, 0.15) is 27.7 Å². The van der Waals surface area contributed by atoms with Crippen LogP contribution in [0.4, 0.5) is 0 Å². The zero-order chi connectivity index (χ0) is 27.2. The third kappa shape index (κ3) is 3.33. The van der Waals surface area contributed by atoms with Gasteiger partial charge in [0.1, 0.15) is 11.2 Å². The molecule has 8 rings (SSSR count). The molecule has 4 heteroatoms. The van der Waals surface area contributed by atoms with Gasteiger partial charge in [0.25, 0.3) is 0 Å². The Morgan fingerprint density at radius 1 is 0.500 bits per heavy atom. The van der Waals surface area contributed by atoms with Gasteiger partial charge in [0, 0.05) is 16.3 Å². The summed E-state index contributed by atoms with van der Waals surface area (Å²) >= 11 is 0. The molecular weight excluding hydrogens is 491 g/mol. The normalized spacial score (nSPS) is 16.6. The Morgan fingerprint density at radius 3 is 1.70 bits per heavy atom. The van der Waals surface area contributed by atoms with Gasteiger partial charge in [-0.25, -0.2) is 0 Å².